The Morgan fingerprint density at radius 1 is 0.724 bits per heavy atom. The number of hydrogen-bond acceptors (Lipinski definition) is 2. The van der Waals surface area contributed by atoms with Gasteiger partial charge >= 0.3 is 0 Å². The van der Waals surface area contributed by atoms with E-state index in [1.54, 1.807) is 37.4 Å². The molecule has 0 saturated heterocycles. The lowest BCUT2D eigenvalue weighted by atomic mass is 10.1. The maximum atomic E-state index is 13.6. The van der Waals surface area contributed by atoms with Crippen LogP contribution in [0.15, 0.2) is 78.9 Å². The van der Waals surface area contributed by atoms with Gasteiger partial charge in [0, 0.05) is 37.0 Å². The van der Waals surface area contributed by atoms with Crippen LogP contribution in [0.5, 0.6) is 0 Å². The molecule has 0 N–H and O–H groups in total. The molecule has 0 aliphatic rings. The van der Waals surface area contributed by atoms with Gasteiger partial charge in [-0.2, -0.15) is 0 Å². The van der Waals surface area contributed by atoms with E-state index in [-0.39, 0.29) is 36.0 Å². The lowest BCUT2D eigenvalue weighted by Crippen LogP contribution is -2.39. The zero-order valence-electron chi connectivity index (χ0n) is 15.9. The van der Waals surface area contributed by atoms with E-state index in [0.29, 0.717) is 5.69 Å². The normalized spacial score (nSPS) is 10.4. The molecule has 0 unspecified atom stereocenters. The minimum atomic E-state index is -0.498. The highest BCUT2D eigenvalue weighted by Gasteiger charge is 2.20. The van der Waals surface area contributed by atoms with Crippen LogP contribution in [0, 0.1) is 11.6 Å². The lowest BCUT2D eigenvalue weighted by Gasteiger charge is -2.26. The third-order valence-electron chi connectivity index (χ3n) is 4.46. The lowest BCUT2D eigenvalue weighted by molar-refractivity contribution is 0.0792. The maximum absolute atomic E-state index is 13.6. The predicted octanol–water partition coefficient (Wildman–Crippen LogP) is 4.38. The van der Waals surface area contributed by atoms with Crippen molar-refractivity contribution in [1.82, 2.24) is 4.90 Å². The van der Waals surface area contributed by atoms with E-state index < -0.39 is 11.6 Å². The molecule has 29 heavy (non-hydrogen) atoms. The number of anilines is 1. The summed E-state index contributed by atoms with van der Waals surface area (Å²) in [4.78, 5) is 28.4. The second-order valence-corrected chi connectivity index (χ2v) is 6.54. The number of para-hydroxylation sites is 1. The first-order valence-corrected chi connectivity index (χ1v) is 9.09. The summed E-state index contributed by atoms with van der Waals surface area (Å²) in [6.45, 7) is 0.405. The molecule has 0 bridgehead atoms. The summed E-state index contributed by atoms with van der Waals surface area (Å²) >= 11 is 0. The molecule has 0 aliphatic heterocycles. The highest BCUT2D eigenvalue weighted by atomic mass is 19.1. The fourth-order valence-electron chi connectivity index (χ4n) is 2.93. The van der Waals surface area contributed by atoms with Gasteiger partial charge in [0.25, 0.3) is 11.8 Å². The van der Waals surface area contributed by atoms with E-state index >= 15 is 0 Å². The number of carbonyl (C=O) groups excluding carboxylic acids is 2. The van der Waals surface area contributed by atoms with E-state index in [2.05, 4.69) is 0 Å². The number of halogens is 2. The second-order valence-electron chi connectivity index (χ2n) is 6.54. The van der Waals surface area contributed by atoms with Crippen LogP contribution in [-0.2, 0) is 0 Å². The summed E-state index contributed by atoms with van der Waals surface area (Å²) in [7, 11) is 1.59. The van der Waals surface area contributed by atoms with Crippen LogP contribution in [-0.4, -0.2) is 36.9 Å². The molecule has 0 aromatic heterocycles. The Bertz CT molecular complexity index is 1010. The highest BCUT2D eigenvalue weighted by Crippen LogP contribution is 2.18. The van der Waals surface area contributed by atoms with Crippen molar-refractivity contribution in [2.24, 2.45) is 0 Å². The SMILES string of the molecule is CN(CCN(C(=O)c1cccc(F)c1)c1ccccc1)C(=O)c1cccc(F)c1. The van der Waals surface area contributed by atoms with E-state index in [1.165, 1.54) is 52.3 Å². The van der Waals surface area contributed by atoms with Crippen molar-refractivity contribution >= 4 is 17.5 Å². The maximum Gasteiger partial charge on any atom is 0.258 e. The Morgan fingerprint density at radius 2 is 1.28 bits per heavy atom. The van der Waals surface area contributed by atoms with Gasteiger partial charge in [-0.15, -0.1) is 0 Å². The number of hydrogen-bond donors (Lipinski definition) is 0. The molecule has 0 aliphatic carbocycles. The molecule has 3 aromatic carbocycles. The van der Waals surface area contributed by atoms with Crippen LogP contribution in [0.2, 0.25) is 0 Å². The molecule has 2 amide bonds. The van der Waals surface area contributed by atoms with Gasteiger partial charge in [0.15, 0.2) is 0 Å². The fourth-order valence-corrected chi connectivity index (χ4v) is 2.93. The largest absolute Gasteiger partial charge is 0.340 e. The first kappa shape index (κ1) is 20.2. The first-order chi connectivity index (χ1) is 14.0. The fraction of sp³-hybridized carbons (Fsp3) is 0.130. The monoisotopic (exact) mass is 394 g/mol. The highest BCUT2D eigenvalue weighted by molar-refractivity contribution is 6.06. The summed E-state index contributed by atoms with van der Waals surface area (Å²) in [5.41, 5.74) is 1.08. The van der Waals surface area contributed by atoms with Crippen molar-refractivity contribution in [3.05, 3.63) is 102 Å². The Morgan fingerprint density at radius 3 is 1.83 bits per heavy atom. The molecule has 0 radical (unpaired) electrons. The van der Waals surface area contributed by atoms with Crippen LogP contribution >= 0.6 is 0 Å². The van der Waals surface area contributed by atoms with Gasteiger partial charge in [-0.25, -0.2) is 8.78 Å². The van der Waals surface area contributed by atoms with Crippen molar-refractivity contribution in [1.29, 1.82) is 0 Å². The number of amides is 2. The molecule has 3 aromatic rings. The van der Waals surface area contributed by atoms with Gasteiger partial charge in [-0.1, -0.05) is 30.3 Å². The average Bonchev–Trinajstić information content (AvgIpc) is 2.73. The molecule has 4 nitrogen and oxygen atoms in total. The summed E-state index contributed by atoms with van der Waals surface area (Å²) in [5, 5.41) is 0. The number of rotatable bonds is 6. The third kappa shape index (κ3) is 5.04. The molecule has 0 atom stereocenters. The summed E-state index contributed by atoms with van der Waals surface area (Å²) in [6.07, 6.45) is 0. The minimum absolute atomic E-state index is 0.191. The van der Waals surface area contributed by atoms with E-state index in [4.69, 9.17) is 0 Å². The minimum Gasteiger partial charge on any atom is -0.340 e. The van der Waals surface area contributed by atoms with Gasteiger partial charge in [-0.05, 0) is 48.5 Å². The zero-order valence-corrected chi connectivity index (χ0v) is 15.9. The van der Waals surface area contributed by atoms with Crippen molar-refractivity contribution in [3.8, 4) is 0 Å². The van der Waals surface area contributed by atoms with Crippen molar-refractivity contribution in [3.63, 3.8) is 0 Å². The molecule has 6 heteroatoms. The standard InChI is InChI=1S/C23H20F2N2O2/c1-26(22(28)17-7-5-9-19(24)15-17)13-14-27(21-11-3-2-4-12-21)23(29)18-8-6-10-20(25)16-18/h2-12,15-16H,13-14H2,1H3. The van der Waals surface area contributed by atoms with E-state index in [0.717, 1.165) is 0 Å². The summed E-state index contributed by atoms with van der Waals surface area (Å²) in [6, 6.07) is 19.9. The molecule has 0 saturated carbocycles. The van der Waals surface area contributed by atoms with Gasteiger partial charge in [-0.3, -0.25) is 9.59 Å². The van der Waals surface area contributed by atoms with Crippen molar-refractivity contribution < 1.29 is 18.4 Å². The predicted molar refractivity (Wildman–Crippen MR) is 108 cm³/mol. The van der Waals surface area contributed by atoms with E-state index in [9.17, 15) is 18.4 Å². The van der Waals surface area contributed by atoms with Crippen LogP contribution in [0.1, 0.15) is 20.7 Å². The average molecular weight is 394 g/mol. The van der Waals surface area contributed by atoms with Gasteiger partial charge in [0.1, 0.15) is 11.6 Å². The topological polar surface area (TPSA) is 40.6 Å². The molecule has 0 fully saturated rings. The number of benzene rings is 3. The Labute approximate surface area is 168 Å². The Kier molecular flexibility index (Phi) is 6.34. The molecule has 3 rings (SSSR count). The quantitative estimate of drug-likeness (QED) is 0.622. The third-order valence-corrected chi connectivity index (χ3v) is 4.46. The molecule has 0 heterocycles. The summed E-state index contributed by atoms with van der Waals surface area (Å²) < 4.78 is 27.0. The van der Waals surface area contributed by atoms with Crippen LogP contribution < -0.4 is 4.90 Å². The van der Waals surface area contributed by atoms with Crippen LogP contribution in [0.25, 0.3) is 0 Å². The molecular weight excluding hydrogens is 374 g/mol. The van der Waals surface area contributed by atoms with Crippen LogP contribution in [0.3, 0.4) is 0 Å². The number of likely N-dealkylation sites (N-methyl/N-ethyl adjacent to an activating group) is 1. The van der Waals surface area contributed by atoms with E-state index in [1.807, 2.05) is 6.07 Å². The van der Waals surface area contributed by atoms with Gasteiger partial charge < -0.3 is 9.80 Å². The summed E-state index contributed by atoms with van der Waals surface area (Å²) in [5.74, 6) is -1.71. The van der Waals surface area contributed by atoms with Crippen molar-refractivity contribution in [2.75, 3.05) is 25.0 Å². The molecular formula is C23H20F2N2O2. The first-order valence-electron chi connectivity index (χ1n) is 9.09. The smallest absolute Gasteiger partial charge is 0.258 e. The number of nitrogens with zero attached hydrogens (tertiary/aromatic N) is 2. The Hall–Kier alpha value is -3.54. The van der Waals surface area contributed by atoms with Gasteiger partial charge in [0.05, 0.1) is 0 Å². The Balaban J connectivity index is 1.78. The van der Waals surface area contributed by atoms with Crippen LogP contribution in [0.4, 0.5) is 14.5 Å². The van der Waals surface area contributed by atoms with Crippen molar-refractivity contribution in [2.45, 2.75) is 0 Å². The molecule has 148 valence electrons. The molecule has 0 spiro atoms. The van der Waals surface area contributed by atoms with Gasteiger partial charge in [0.2, 0.25) is 0 Å². The second kappa shape index (κ2) is 9.10. The number of carbonyl (C=O) groups is 2. The zero-order chi connectivity index (χ0) is 20.8.